The van der Waals surface area contributed by atoms with Crippen molar-refractivity contribution in [2.24, 2.45) is 5.92 Å². The lowest BCUT2D eigenvalue weighted by atomic mass is 9.89. The van der Waals surface area contributed by atoms with Crippen LogP contribution in [0.25, 0.3) is 0 Å². The molecule has 0 spiro atoms. The number of aromatic nitrogens is 2. The van der Waals surface area contributed by atoms with Gasteiger partial charge in [-0.25, -0.2) is 9.97 Å². The van der Waals surface area contributed by atoms with Gasteiger partial charge < -0.3 is 10.1 Å². The molecule has 0 aliphatic carbocycles. The molecule has 0 unspecified atom stereocenters. The van der Waals surface area contributed by atoms with Crippen molar-refractivity contribution in [1.82, 2.24) is 9.97 Å². The number of nitrogens with zero attached hydrogens (tertiary/aromatic N) is 3. The second-order valence-corrected chi connectivity index (χ2v) is 5.85. The largest absolute Gasteiger partial charge is 0.373 e. The van der Waals surface area contributed by atoms with Crippen LogP contribution in [0, 0.1) is 24.2 Å². The van der Waals surface area contributed by atoms with Gasteiger partial charge in [0.2, 0.25) is 0 Å². The first-order chi connectivity index (χ1) is 11.3. The summed E-state index contributed by atoms with van der Waals surface area (Å²) in [6.45, 7) is 3.59. The van der Waals surface area contributed by atoms with Crippen molar-refractivity contribution in [2.45, 2.75) is 25.9 Å². The van der Waals surface area contributed by atoms with E-state index in [1.165, 1.54) is 17.3 Å². The van der Waals surface area contributed by atoms with Gasteiger partial charge in [0.05, 0.1) is 6.10 Å². The highest BCUT2D eigenvalue weighted by atomic mass is 16.5. The Hall–Kier alpha value is -2.45. The predicted molar refractivity (Wildman–Crippen MR) is 87.8 cm³/mol. The summed E-state index contributed by atoms with van der Waals surface area (Å²) in [4.78, 5) is 8.24. The number of nitrogens with one attached hydrogen (secondary N) is 1. The standard InChI is InChI=1S/C18H20N4O/c1-13-4-6-14(7-5-13)17-15(3-2-10-23-17)12-22-18-16(11-19)20-8-9-21-18/h4-9,15,17H,2-3,10,12H2,1H3,(H,21,22)/t15-,17+/m0/s1. The van der Waals surface area contributed by atoms with Gasteiger partial charge in [-0.1, -0.05) is 29.8 Å². The Balaban J connectivity index is 1.72. The fourth-order valence-electron chi connectivity index (χ4n) is 2.95. The smallest absolute Gasteiger partial charge is 0.182 e. The minimum absolute atomic E-state index is 0.0825. The first-order valence-corrected chi connectivity index (χ1v) is 7.91. The maximum atomic E-state index is 9.09. The van der Waals surface area contributed by atoms with Crippen LogP contribution >= 0.6 is 0 Å². The first kappa shape index (κ1) is 15.4. The molecule has 0 radical (unpaired) electrons. The molecule has 23 heavy (non-hydrogen) atoms. The quantitative estimate of drug-likeness (QED) is 0.939. The van der Waals surface area contributed by atoms with Crippen LogP contribution in [0.5, 0.6) is 0 Å². The Labute approximate surface area is 136 Å². The summed E-state index contributed by atoms with van der Waals surface area (Å²) in [7, 11) is 0. The minimum atomic E-state index is 0.0825. The summed E-state index contributed by atoms with van der Waals surface area (Å²) >= 11 is 0. The Kier molecular flexibility index (Phi) is 4.84. The molecule has 1 aliphatic heterocycles. The van der Waals surface area contributed by atoms with Gasteiger partial charge in [-0.3, -0.25) is 0 Å². The zero-order valence-electron chi connectivity index (χ0n) is 13.2. The second-order valence-electron chi connectivity index (χ2n) is 5.85. The summed E-state index contributed by atoms with van der Waals surface area (Å²) in [5.41, 5.74) is 2.79. The molecule has 5 nitrogen and oxygen atoms in total. The van der Waals surface area contributed by atoms with Crippen molar-refractivity contribution < 1.29 is 4.74 Å². The molecular weight excluding hydrogens is 288 g/mol. The number of hydrogen-bond acceptors (Lipinski definition) is 5. The van der Waals surface area contributed by atoms with Crippen molar-refractivity contribution >= 4 is 5.82 Å². The summed E-state index contributed by atoms with van der Waals surface area (Å²) in [5.74, 6) is 0.892. The second kappa shape index (κ2) is 7.21. The summed E-state index contributed by atoms with van der Waals surface area (Å²) in [6, 6.07) is 10.6. The summed E-state index contributed by atoms with van der Waals surface area (Å²) in [6.07, 6.45) is 5.35. The van der Waals surface area contributed by atoms with E-state index in [1.54, 1.807) is 6.20 Å². The van der Waals surface area contributed by atoms with E-state index in [-0.39, 0.29) is 6.10 Å². The molecule has 1 aliphatic rings. The Morgan fingerprint density at radius 1 is 1.26 bits per heavy atom. The highest BCUT2D eigenvalue weighted by Gasteiger charge is 2.27. The van der Waals surface area contributed by atoms with Crippen molar-refractivity contribution in [3.05, 3.63) is 53.5 Å². The average molecular weight is 308 g/mol. The van der Waals surface area contributed by atoms with Gasteiger partial charge >= 0.3 is 0 Å². The normalized spacial score (nSPS) is 20.7. The van der Waals surface area contributed by atoms with Crippen molar-refractivity contribution in [1.29, 1.82) is 5.26 Å². The number of benzene rings is 1. The number of nitriles is 1. The van der Waals surface area contributed by atoms with Crippen LogP contribution < -0.4 is 5.32 Å². The van der Waals surface area contributed by atoms with Gasteiger partial charge in [-0.15, -0.1) is 0 Å². The number of hydrogen-bond donors (Lipinski definition) is 1. The highest BCUT2D eigenvalue weighted by molar-refractivity contribution is 5.46. The molecule has 1 aromatic heterocycles. The van der Waals surface area contributed by atoms with Gasteiger partial charge in [-0.05, 0) is 25.3 Å². The Morgan fingerprint density at radius 3 is 2.83 bits per heavy atom. The summed E-state index contributed by atoms with van der Waals surface area (Å²) < 4.78 is 6.02. The lowest BCUT2D eigenvalue weighted by Gasteiger charge is -2.32. The SMILES string of the molecule is Cc1ccc([C@H]2OCCC[C@H]2CNc2nccnc2C#N)cc1. The number of anilines is 1. The molecule has 0 bridgehead atoms. The molecule has 1 fully saturated rings. The molecule has 3 rings (SSSR count). The van der Waals surface area contributed by atoms with E-state index in [2.05, 4.69) is 52.5 Å². The van der Waals surface area contributed by atoms with Gasteiger partial charge in [-0.2, -0.15) is 5.26 Å². The van der Waals surface area contributed by atoms with Gasteiger partial charge in [0.1, 0.15) is 6.07 Å². The lowest BCUT2D eigenvalue weighted by Crippen LogP contribution is -2.28. The molecule has 1 N–H and O–H groups in total. The molecule has 1 saturated heterocycles. The topological polar surface area (TPSA) is 70.8 Å². The van der Waals surface area contributed by atoms with Crippen LogP contribution in [0.3, 0.4) is 0 Å². The average Bonchev–Trinajstić information content (AvgIpc) is 2.61. The monoisotopic (exact) mass is 308 g/mol. The van der Waals surface area contributed by atoms with Gasteiger partial charge in [0, 0.05) is 31.5 Å². The maximum absolute atomic E-state index is 9.09. The van der Waals surface area contributed by atoms with Crippen molar-refractivity contribution in [3.63, 3.8) is 0 Å². The van der Waals surface area contributed by atoms with Crippen LogP contribution in [0.1, 0.15) is 35.8 Å². The minimum Gasteiger partial charge on any atom is -0.373 e. The molecule has 118 valence electrons. The third-order valence-electron chi connectivity index (χ3n) is 4.19. The molecule has 0 amide bonds. The van der Waals surface area contributed by atoms with Gasteiger partial charge in [0.25, 0.3) is 0 Å². The van der Waals surface area contributed by atoms with Crippen LogP contribution in [0.4, 0.5) is 5.82 Å². The van der Waals surface area contributed by atoms with Crippen molar-refractivity contribution in [2.75, 3.05) is 18.5 Å². The highest BCUT2D eigenvalue weighted by Crippen LogP contribution is 2.33. The number of aryl methyl sites for hydroxylation is 1. The van der Waals surface area contributed by atoms with Crippen molar-refractivity contribution in [3.8, 4) is 6.07 Å². The fraction of sp³-hybridized carbons (Fsp3) is 0.389. The van der Waals surface area contributed by atoms with E-state index >= 15 is 0 Å². The molecule has 0 saturated carbocycles. The van der Waals surface area contributed by atoms with Crippen LogP contribution in [0.15, 0.2) is 36.7 Å². The summed E-state index contributed by atoms with van der Waals surface area (Å²) in [5, 5.41) is 12.4. The van der Waals surface area contributed by atoms with E-state index in [1.807, 2.05) is 0 Å². The number of rotatable bonds is 4. The Bertz CT molecular complexity index is 693. The third-order valence-corrected chi connectivity index (χ3v) is 4.19. The van der Waals surface area contributed by atoms with Crippen LogP contribution in [0.2, 0.25) is 0 Å². The Morgan fingerprint density at radius 2 is 2.04 bits per heavy atom. The zero-order valence-corrected chi connectivity index (χ0v) is 13.2. The maximum Gasteiger partial charge on any atom is 0.182 e. The van der Waals surface area contributed by atoms with Crippen LogP contribution in [-0.2, 0) is 4.74 Å². The van der Waals surface area contributed by atoms with E-state index < -0.39 is 0 Å². The number of ether oxygens (including phenoxy) is 1. The van der Waals surface area contributed by atoms with E-state index in [4.69, 9.17) is 10.00 Å². The van der Waals surface area contributed by atoms with E-state index in [0.717, 1.165) is 19.4 Å². The first-order valence-electron chi connectivity index (χ1n) is 7.91. The lowest BCUT2D eigenvalue weighted by molar-refractivity contribution is -0.0238. The molecular formula is C18H20N4O. The fourth-order valence-corrected chi connectivity index (χ4v) is 2.95. The molecule has 2 aromatic rings. The molecule has 2 atom stereocenters. The van der Waals surface area contributed by atoms with E-state index in [9.17, 15) is 0 Å². The molecule has 5 heteroatoms. The zero-order chi connectivity index (χ0) is 16.1. The van der Waals surface area contributed by atoms with E-state index in [0.29, 0.717) is 24.0 Å². The third kappa shape index (κ3) is 3.66. The molecule has 2 heterocycles. The molecule has 1 aromatic carbocycles. The predicted octanol–water partition coefficient (Wildman–Crippen LogP) is 3.24. The van der Waals surface area contributed by atoms with Crippen LogP contribution in [-0.4, -0.2) is 23.1 Å². The van der Waals surface area contributed by atoms with Gasteiger partial charge in [0.15, 0.2) is 11.5 Å².